The SMILES string of the molecule is C=C1[C@@H](NC(=O)[C@@H]2[C@H]([C@H](C)OC(=O)CC(C)C)[C@H](CO)ON2Cc2cccc(-c3cc(C(=O)N(C)C(=O)CC(C)C)cc(N(C)C)c3)c2OC)C[C@H]2C[C@@H]1C2(C)C. The first-order valence-corrected chi connectivity index (χ1v) is 20.3. The molecule has 57 heavy (non-hydrogen) atoms. The molecule has 4 fully saturated rings. The van der Waals surface area contributed by atoms with E-state index in [9.17, 15) is 24.3 Å². The summed E-state index contributed by atoms with van der Waals surface area (Å²) in [5.74, 6) is -0.542. The van der Waals surface area contributed by atoms with Crippen LogP contribution in [-0.4, -0.2) is 97.9 Å². The van der Waals surface area contributed by atoms with E-state index >= 15 is 0 Å². The summed E-state index contributed by atoms with van der Waals surface area (Å²) in [6, 6.07) is 9.98. The molecule has 0 unspecified atom stereocenters. The van der Waals surface area contributed by atoms with Gasteiger partial charge in [-0.15, -0.1) is 0 Å². The molecule has 2 bridgehead atoms. The maximum absolute atomic E-state index is 14.6. The Kier molecular flexibility index (Phi) is 13.6. The second-order valence-electron chi connectivity index (χ2n) is 17.9. The largest absolute Gasteiger partial charge is 0.496 e. The Labute approximate surface area is 338 Å². The van der Waals surface area contributed by atoms with Crippen LogP contribution in [0.3, 0.4) is 0 Å². The number of methoxy groups -OCH3 is 1. The first-order valence-electron chi connectivity index (χ1n) is 20.3. The van der Waals surface area contributed by atoms with Crippen LogP contribution in [0.15, 0.2) is 48.6 Å². The number of esters is 1. The minimum atomic E-state index is -0.934. The van der Waals surface area contributed by atoms with E-state index in [0.717, 1.165) is 24.1 Å². The molecule has 0 aromatic heterocycles. The van der Waals surface area contributed by atoms with Gasteiger partial charge in [-0.1, -0.05) is 71.9 Å². The molecule has 0 radical (unpaired) electrons. The summed E-state index contributed by atoms with van der Waals surface area (Å²) >= 11 is 0. The zero-order valence-electron chi connectivity index (χ0n) is 35.8. The molecule has 1 aliphatic heterocycles. The Morgan fingerprint density at radius 1 is 1.02 bits per heavy atom. The molecule has 2 aromatic rings. The van der Waals surface area contributed by atoms with E-state index in [1.807, 2.05) is 71.0 Å². The molecular weight excluding hydrogens is 725 g/mol. The number of rotatable bonds is 15. The van der Waals surface area contributed by atoms with Gasteiger partial charge >= 0.3 is 5.97 Å². The van der Waals surface area contributed by atoms with Crippen LogP contribution in [0.25, 0.3) is 11.1 Å². The van der Waals surface area contributed by atoms with Crippen LogP contribution < -0.4 is 15.0 Å². The average Bonchev–Trinajstić information content (AvgIpc) is 3.52. The molecule has 1 heterocycles. The monoisotopic (exact) mass is 788 g/mol. The predicted molar refractivity (Wildman–Crippen MR) is 220 cm³/mol. The number of ether oxygens (including phenoxy) is 2. The molecule has 3 saturated carbocycles. The molecule has 6 rings (SSSR count). The van der Waals surface area contributed by atoms with Gasteiger partial charge in [0.25, 0.3) is 5.91 Å². The number of hydroxylamine groups is 2. The van der Waals surface area contributed by atoms with Crippen LogP contribution in [0.1, 0.15) is 90.1 Å². The number of nitrogens with one attached hydrogen (secondary N) is 1. The van der Waals surface area contributed by atoms with Crippen molar-refractivity contribution in [3.8, 4) is 16.9 Å². The number of carbonyl (C=O) groups is 4. The number of aliphatic hydroxyl groups excluding tert-OH is 1. The Balaban J connectivity index is 1.50. The number of imide groups is 1. The molecule has 3 aliphatic carbocycles. The molecule has 4 aliphatic rings. The van der Waals surface area contributed by atoms with Gasteiger partial charge in [0, 0.05) is 56.4 Å². The maximum atomic E-state index is 14.6. The first kappa shape index (κ1) is 43.9. The van der Waals surface area contributed by atoms with Crippen molar-refractivity contribution in [2.24, 2.45) is 35.0 Å². The third kappa shape index (κ3) is 9.23. The first-order chi connectivity index (χ1) is 26.8. The zero-order valence-corrected chi connectivity index (χ0v) is 35.8. The third-order valence-electron chi connectivity index (χ3n) is 12.3. The van der Waals surface area contributed by atoms with Gasteiger partial charge < -0.3 is 24.8 Å². The summed E-state index contributed by atoms with van der Waals surface area (Å²) in [6.07, 6.45) is 0.758. The van der Waals surface area contributed by atoms with Crippen molar-refractivity contribution in [1.82, 2.24) is 15.3 Å². The van der Waals surface area contributed by atoms with Crippen LogP contribution >= 0.6 is 0 Å². The molecule has 3 amide bonds. The second-order valence-corrected chi connectivity index (χ2v) is 17.9. The molecule has 12 nitrogen and oxygen atoms in total. The van der Waals surface area contributed by atoms with E-state index in [-0.39, 0.29) is 60.5 Å². The Bertz CT molecular complexity index is 1840. The van der Waals surface area contributed by atoms with Gasteiger partial charge in [-0.05, 0) is 72.6 Å². The number of carbonyl (C=O) groups excluding carboxylic acids is 4. The topological polar surface area (TPSA) is 138 Å². The summed E-state index contributed by atoms with van der Waals surface area (Å²) in [7, 11) is 6.83. The van der Waals surface area contributed by atoms with Crippen molar-refractivity contribution in [1.29, 1.82) is 0 Å². The highest BCUT2D eigenvalue weighted by atomic mass is 16.7. The normalized spacial score (nSPS) is 24.5. The highest BCUT2D eigenvalue weighted by molar-refractivity contribution is 6.05. The predicted octanol–water partition coefficient (Wildman–Crippen LogP) is 6.25. The standard InChI is InChI=1S/C45H64N4O8/c1-25(2)16-38(51)48(11)44(54)31-18-30(19-33(20-31)47(9)10)34-15-13-14-29(42(34)55-12)23-49-41(40(37(24-50)57-49)28(6)56-39(52)17-26(3)4)43(53)46-36-22-32-21-35(27(36)5)45(32,7)8/h13-15,18-20,25-26,28,32,35-37,40-41,50H,5,16-17,21-24H2,1-4,6-12H3,(H,46,53)/t28-,32+,35-,36-,37-,40+,41-/m0/s1. The van der Waals surface area contributed by atoms with E-state index in [1.165, 1.54) is 11.9 Å². The summed E-state index contributed by atoms with van der Waals surface area (Å²) in [6.45, 7) is 18.1. The van der Waals surface area contributed by atoms with Gasteiger partial charge in [-0.2, -0.15) is 5.06 Å². The lowest BCUT2D eigenvalue weighted by Gasteiger charge is -2.60. The highest BCUT2D eigenvalue weighted by Gasteiger charge is 2.56. The van der Waals surface area contributed by atoms with Crippen molar-refractivity contribution in [3.63, 3.8) is 0 Å². The summed E-state index contributed by atoms with van der Waals surface area (Å²) < 4.78 is 12.0. The van der Waals surface area contributed by atoms with Crippen molar-refractivity contribution in [3.05, 3.63) is 59.7 Å². The van der Waals surface area contributed by atoms with Crippen LogP contribution in [0.2, 0.25) is 0 Å². The lowest BCUT2D eigenvalue weighted by molar-refractivity contribution is -0.182. The van der Waals surface area contributed by atoms with E-state index in [2.05, 4.69) is 25.7 Å². The van der Waals surface area contributed by atoms with Gasteiger partial charge in [-0.25, -0.2) is 0 Å². The number of hydrogen-bond donors (Lipinski definition) is 2. The fourth-order valence-electron chi connectivity index (χ4n) is 8.95. The Morgan fingerprint density at radius 3 is 2.28 bits per heavy atom. The van der Waals surface area contributed by atoms with Crippen LogP contribution in [-0.2, 0) is 30.5 Å². The van der Waals surface area contributed by atoms with Crippen molar-refractivity contribution >= 4 is 29.4 Å². The molecule has 12 heteroatoms. The Hall–Kier alpha value is -4.26. The number of amides is 3. The quantitative estimate of drug-likeness (QED) is 0.157. The van der Waals surface area contributed by atoms with Crippen LogP contribution in [0.4, 0.5) is 5.69 Å². The van der Waals surface area contributed by atoms with E-state index < -0.39 is 36.7 Å². The number of benzene rings is 2. The number of nitrogens with zero attached hydrogens (tertiary/aromatic N) is 3. The van der Waals surface area contributed by atoms with E-state index in [0.29, 0.717) is 39.8 Å². The molecule has 7 atom stereocenters. The maximum Gasteiger partial charge on any atom is 0.306 e. The molecule has 2 N–H and O–H groups in total. The van der Waals surface area contributed by atoms with Gasteiger partial charge in [0.15, 0.2) is 0 Å². The second kappa shape index (κ2) is 17.7. The van der Waals surface area contributed by atoms with Crippen molar-refractivity contribution in [2.75, 3.05) is 39.8 Å². The van der Waals surface area contributed by atoms with Crippen molar-refractivity contribution < 1.29 is 38.6 Å². The third-order valence-corrected chi connectivity index (χ3v) is 12.3. The van der Waals surface area contributed by atoms with E-state index in [1.54, 1.807) is 31.2 Å². The molecule has 312 valence electrons. The lowest BCUT2D eigenvalue weighted by atomic mass is 9.46. The summed E-state index contributed by atoms with van der Waals surface area (Å²) in [5.41, 5.74) is 4.35. The van der Waals surface area contributed by atoms with Crippen LogP contribution in [0, 0.1) is 35.0 Å². The molecule has 0 spiro atoms. The smallest absolute Gasteiger partial charge is 0.306 e. The number of fused-ring (bicyclic) bond motifs is 2. The minimum absolute atomic E-state index is 0.0856. The van der Waals surface area contributed by atoms with Gasteiger partial charge in [0.05, 0.1) is 32.2 Å². The average molecular weight is 789 g/mol. The highest BCUT2D eigenvalue weighted by Crippen LogP contribution is 2.60. The van der Waals surface area contributed by atoms with Gasteiger partial charge in [0.2, 0.25) is 11.8 Å². The lowest BCUT2D eigenvalue weighted by Crippen LogP contribution is -2.59. The number of anilines is 1. The fraction of sp³-hybridized carbons (Fsp3) is 0.600. The zero-order chi connectivity index (χ0) is 42.1. The van der Waals surface area contributed by atoms with Crippen LogP contribution in [0.5, 0.6) is 5.75 Å². The number of para-hydroxylation sites is 1. The number of aliphatic hydroxyl groups is 1. The minimum Gasteiger partial charge on any atom is -0.496 e. The van der Waals surface area contributed by atoms with Gasteiger partial charge in [0.1, 0.15) is 24.0 Å². The van der Waals surface area contributed by atoms with E-state index in [4.69, 9.17) is 14.3 Å². The van der Waals surface area contributed by atoms with Gasteiger partial charge in [-0.3, -0.25) is 28.9 Å². The number of hydrogen-bond acceptors (Lipinski definition) is 10. The summed E-state index contributed by atoms with van der Waals surface area (Å²) in [4.78, 5) is 63.6. The molecule has 1 saturated heterocycles. The Morgan fingerprint density at radius 2 is 1.70 bits per heavy atom. The molecule has 2 aromatic carbocycles. The van der Waals surface area contributed by atoms with Crippen molar-refractivity contribution in [2.45, 2.75) is 105 Å². The summed E-state index contributed by atoms with van der Waals surface area (Å²) in [5, 5.41) is 15.5. The fourth-order valence-corrected chi connectivity index (χ4v) is 8.95. The molecular formula is C45H64N4O8.